The Hall–Kier alpha value is -4.95. The minimum atomic E-state index is -4.53. The predicted molar refractivity (Wildman–Crippen MR) is 175 cm³/mol. The number of ether oxygens (including phenoxy) is 1. The van der Waals surface area contributed by atoms with Crippen LogP contribution < -0.4 is 27.0 Å². The standard InChI is InChI=1S/C33H39N5O8S/c1-20(2)33(3,38-32(42)46-19-27-25-14-6-4-12-23(25)24-13-5-7-15-26(24)27)30(40)37-28(16-9-17-35-31(34)41)29(39)36-21-10-8-11-22(18-21)47(43,44)45/h4-8,10-15,18,20,27-28H,9,16-17,19H2,1-3H3,(H,36,39)(H,37,40)(H,38,42)(H3,34,35,41)(H,43,44,45)/t28-,33-/m0/s1. The Balaban J connectivity index is 1.47. The Labute approximate surface area is 273 Å². The van der Waals surface area contributed by atoms with Crippen molar-refractivity contribution < 1.29 is 36.9 Å². The van der Waals surface area contributed by atoms with Crippen molar-refractivity contribution >= 4 is 39.7 Å². The van der Waals surface area contributed by atoms with Crippen molar-refractivity contribution in [3.63, 3.8) is 0 Å². The molecule has 3 aromatic carbocycles. The normalized spacial score (nSPS) is 14.2. The highest BCUT2D eigenvalue weighted by Gasteiger charge is 2.41. The summed E-state index contributed by atoms with van der Waals surface area (Å²) in [5.41, 5.74) is 7.89. The van der Waals surface area contributed by atoms with E-state index in [0.717, 1.165) is 34.4 Å². The summed E-state index contributed by atoms with van der Waals surface area (Å²) in [6.07, 6.45) is -0.522. The molecule has 0 heterocycles. The van der Waals surface area contributed by atoms with Crippen LogP contribution in [0.3, 0.4) is 0 Å². The second kappa shape index (κ2) is 14.6. The van der Waals surface area contributed by atoms with E-state index in [1.807, 2.05) is 48.5 Å². The molecule has 13 nitrogen and oxygen atoms in total. The van der Waals surface area contributed by atoms with E-state index in [0.29, 0.717) is 0 Å². The Morgan fingerprint density at radius 1 is 0.957 bits per heavy atom. The third-order valence-electron chi connectivity index (χ3n) is 8.32. The topological polar surface area (TPSA) is 206 Å². The number of carbonyl (C=O) groups excluding carboxylic acids is 4. The second-order valence-corrected chi connectivity index (χ2v) is 13.2. The zero-order valence-electron chi connectivity index (χ0n) is 26.3. The van der Waals surface area contributed by atoms with Gasteiger partial charge in [-0.1, -0.05) is 68.4 Å². The smallest absolute Gasteiger partial charge is 0.408 e. The van der Waals surface area contributed by atoms with Crippen LogP contribution in [0.2, 0.25) is 0 Å². The number of primary amides is 1. The third kappa shape index (κ3) is 8.45. The average molecular weight is 666 g/mol. The lowest BCUT2D eigenvalue weighted by molar-refractivity contribution is -0.132. The zero-order valence-corrected chi connectivity index (χ0v) is 27.1. The van der Waals surface area contributed by atoms with Crippen molar-refractivity contribution in [1.29, 1.82) is 0 Å². The van der Waals surface area contributed by atoms with Gasteiger partial charge in [0.25, 0.3) is 10.1 Å². The number of urea groups is 1. The number of anilines is 1. The van der Waals surface area contributed by atoms with Crippen molar-refractivity contribution in [2.75, 3.05) is 18.5 Å². The molecule has 0 aliphatic heterocycles. The van der Waals surface area contributed by atoms with Gasteiger partial charge >= 0.3 is 12.1 Å². The molecule has 47 heavy (non-hydrogen) atoms. The van der Waals surface area contributed by atoms with E-state index in [9.17, 15) is 32.1 Å². The van der Waals surface area contributed by atoms with Gasteiger partial charge in [-0.25, -0.2) is 9.59 Å². The molecule has 0 saturated carbocycles. The molecule has 1 aliphatic carbocycles. The Morgan fingerprint density at radius 2 is 1.57 bits per heavy atom. The molecule has 0 spiro atoms. The Kier molecular flexibility index (Phi) is 10.9. The number of hydrogen-bond acceptors (Lipinski definition) is 7. The summed E-state index contributed by atoms with van der Waals surface area (Å²) in [5, 5.41) is 10.3. The minimum Gasteiger partial charge on any atom is -0.449 e. The summed E-state index contributed by atoms with van der Waals surface area (Å²) in [6, 6.07) is 18.9. The van der Waals surface area contributed by atoms with Gasteiger partial charge in [-0.15, -0.1) is 0 Å². The predicted octanol–water partition coefficient (Wildman–Crippen LogP) is 3.76. The highest BCUT2D eigenvalue weighted by Crippen LogP contribution is 2.44. The van der Waals surface area contributed by atoms with Gasteiger partial charge in [-0.3, -0.25) is 14.1 Å². The number of alkyl carbamates (subject to hydrolysis) is 1. The fourth-order valence-electron chi connectivity index (χ4n) is 5.37. The molecule has 2 atom stereocenters. The second-order valence-electron chi connectivity index (χ2n) is 11.8. The number of fused-ring (bicyclic) bond motifs is 3. The van der Waals surface area contributed by atoms with E-state index in [1.165, 1.54) is 19.1 Å². The molecule has 0 unspecified atom stereocenters. The number of rotatable bonds is 13. The first kappa shape index (κ1) is 34.9. The molecule has 0 aromatic heterocycles. The number of carbonyl (C=O) groups is 4. The van der Waals surface area contributed by atoms with Crippen LogP contribution in [0.25, 0.3) is 11.1 Å². The van der Waals surface area contributed by atoms with Gasteiger partial charge in [0.15, 0.2) is 0 Å². The molecular weight excluding hydrogens is 626 g/mol. The largest absolute Gasteiger partial charge is 0.449 e. The molecule has 14 heteroatoms. The molecule has 3 aromatic rings. The van der Waals surface area contributed by atoms with Gasteiger partial charge in [-0.2, -0.15) is 8.42 Å². The molecule has 0 fully saturated rings. The molecule has 7 N–H and O–H groups in total. The molecular formula is C33H39N5O8S. The first-order valence-electron chi connectivity index (χ1n) is 15.1. The minimum absolute atomic E-state index is 0.0379. The number of nitrogens with one attached hydrogen (secondary N) is 4. The van der Waals surface area contributed by atoms with Crippen LogP contribution in [0.15, 0.2) is 77.7 Å². The third-order valence-corrected chi connectivity index (χ3v) is 9.17. The van der Waals surface area contributed by atoms with Crippen molar-refractivity contribution in [3.05, 3.63) is 83.9 Å². The summed E-state index contributed by atoms with van der Waals surface area (Å²) in [7, 11) is -4.53. The van der Waals surface area contributed by atoms with E-state index in [2.05, 4.69) is 21.3 Å². The van der Waals surface area contributed by atoms with E-state index < -0.39 is 56.5 Å². The average Bonchev–Trinajstić information content (AvgIpc) is 3.34. The van der Waals surface area contributed by atoms with Crippen molar-refractivity contribution in [2.24, 2.45) is 11.7 Å². The molecule has 5 amide bonds. The highest BCUT2D eigenvalue weighted by molar-refractivity contribution is 7.85. The van der Waals surface area contributed by atoms with Crippen LogP contribution in [0.5, 0.6) is 0 Å². The summed E-state index contributed by atoms with van der Waals surface area (Å²) < 4.78 is 38.2. The lowest BCUT2D eigenvalue weighted by Gasteiger charge is -2.34. The van der Waals surface area contributed by atoms with Gasteiger partial charge in [0.2, 0.25) is 11.8 Å². The van der Waals surface area contributed by atoms with E-state index in [1.54, 1.807) is 13.8 Å². The SMILES string of the molecule is CC(C)[C@](C)(NC(=O)OCC1c2ccccc2-c2ccccc21)C(=O)N[C@@H](CCCNC(N)=O)C(=O)Nc1cccc(S(=O)(=O)O)c1. The first-order chi connectivity index (χ1) is 22.2. The molecule has 250 valence electrons. The lowest BCUT2D eigenvalue weighted by atomic mass is 9.87. The van der Waals surface area contributed by atoms with Crippen LogP contribution in [-0.2, 0) is 24.4 Å². The highest BCUT2D eigenvalue weighted by atomic mass is 32.2. The van der Waals surface area contributed by atoms with Crippen LogP contribution >= 0.6 is 0 Å². The molecule has 4 rings (SSSR count). The Bertz CT molecular complexity index is 1720. The van der Waals surface area contributed by atoms with E-state index >= 15 is 0 Å². The number of nitrogens with two attached hydrogens (primary N) is 1. The fraction of sp³-hybridized carbons (Fsp3) is 0.333. The maximum atomic E-state index is 13.8. The quantitative estimate of drug-likeness (QED) is 0.117. The van der Waals surface area contributed by atoms with Crippen molar-refractivity contribution in [1.82, 2.24) is 16.0 Å². The van der Waals surface area contributed by atoms with E-state index in [4.69, 9.17) is 10.5 Å². The Morgan fingerprint density at radius 3 is 2.15 bits per heavy atom. The number of hydrogen-bond donors (Lipinski definition) is 6. The maximum Gasteiger partial charge on any atom is 0.408 e. The number of amides is 5. The van der Waals surface area contributed by atoms with Crippen LogP contribution in [0.1, 0.15) is 50.7 Å². The number of benzene rings is 3. The zero-order chi connectivity index (χ0) is 34.4. The maximum absolute atomic E-state index is 13.8. The van der Waals surface area contributed by atoms with Gasteiger partial charge in [0.05, 0.1) is 4.90 Å². The fourth-order valence-corrected chi connectivity index (χ4v) is 5.89. The summed E-state index contributed by atoms with van der Waals surface area (Å²) >= 11 is 0. The van der Waals surface area contributed by atoms with Crippen molar-refractivity contribution in [2.45, 2.75) is 56.0 Å². The summed E-state index contributed by atoms with van der Waals surface area (Å²) in [6.45, 7) is 5.14. The summed E-state index contributed by atoms with van der Waals surface area (Å²) in [5.74, 6) is -2.00. The molecule has 1 aliphatic rings. The summed E-state index contributed by atoms with van der Waals surface area (Å²) in [4.78, 5) is 51.0. The molecule has 0 radical (unpaired) electrons. The van der Waals surface area contributed by atoms with Crippen LogP contribution in [0, 0.1) is 5.92 Å². The van der Waals surface area contributed by atoms with Gasteiger partial charge in [-0.05, 0) is 66.1 Å². The monoisotopic (exact) mass is 665 g/mol. The molecule has 0 saturated heterocycles. The van der Waals surface area contributed by atoms with Crippen LogP contribution in [-0.4, -0.2) is 61.6 Å². The van der Waals surface area contributed by atoms with E-state index in [-0.39, 0.29) is 37.6 Å². The first-order valence-corrected chi connectivity index (χ1v) is 16.5. The van der Waals surface area contributed by atoms with Crippen molar-refractivity contribution in [3.8, 4) is 11.1 Å². The lowest BCUT2D eigenvalue weighted by Crippen LogP contribution is -2.62. The van der Waals surface area contributed by atoms with Crippen LogP contribution in [0.4, 0.5) is 15.3 Å². The van der Waals surface area contributed by atoms with Gasteiger partial charge < -0.3 is 31.7 Å². The van der Waals surface area contributed by atoms with Gasteiger partial charge in [0.1, 0.15) is 18.2 Å². The molecule has 0 bridgehead atoms. The van der Waals surface area contributed by atoms with Gasteiger partial charge in [0, 0.05) is 18.2 Å².